The molecule has 1 N–H and O–H groups in total. The molecule has 5 nitrogen and oxygen atoms in total. The number of aliphatic hydroxyl groups is 1. The van der Waals surface area contributed by atoms with Gasteiger partial charge in [0.05, 0.1) is 13.2 Å². The molecule has 2 aliphatic carbocycles. The van der Waals surface area contributed by atoms with Crippen LogP contribution in [0.5, 0.6) is 0 Å². The minimum Gasteiger partial charge on any atom is -0.465 e. The lowest BCUT2D eigenvalue weighted by molar-refractivity contribution is -0.157. The van der Waals surface area contributed by atoms with E-state index >= 15 is 0 Å². The maximum atomic E-state index is 11.8. The third kappa shape index (κ3) is 4.88. The number of rotatable bonds is 8. The standard InChI is InChI=1S/C27H40O5/c1-18(9-10-23-22(16-28)15-25(30)32-23)11-14-27(17-31-21(4)29)20(3)12-13-26(5)19(2)7-6-8-24(26)27/h9,15,20,23-24,28H,2,6-8,10-14,16-17H2,1,3-5H3/b18-9+/t20-,23+,24+,26+,27-/m0/s1. The molecule has 2 saturated carbocycles. The van der Waals surface area contributed by atoms with Gasteiger partial charge in [-0.05, 0) is 69.1 Å². The van der Waals surface area contributed by atoms with Crippen molar-refractivity contribution in [3.8, 4) is 0 Å². The number of ether oxygens (including phenoxy) is 2. The molecule has 0 bridgehead atoms. The van der Waals surface area contributed by atoms with E-state index in [9.17, 15) is 14.7 Å². The summed E-state index contributed by atoms with van der Waals surface area (Å²) in [4.78, 5) is 23.3. The van der Waals surface area contributed by atoms with Crippen molar-refractivity contribution in [1.29, 1.82) is 0 Å². The van der Waals surface area contributed by atoms with Crippen molar-refractivity contribution in [3.05, 3.63) is 35.5 Å². The van der Waals surface area contributed by atoms with Crippen LogP contribution in [0.15, 0.2) is 35.5 Å². The summed E-state index contributed by atoms with van der Waals surface area (Å²) in [6.45, 7) is 13.1. The fourth-order valence-electron chi connectivity index (χ4n) is 6.44. The first-order chi connectivity index (χ1) is 15.1. The maximum Gasteiger partial charge on any atom is 0.331 e. The van der Waals surface area contributed by atoms with Crippen molar-refractivity contribution in [1.82, 2.24) is 0 Å². The SMILES string of the molecule is C=C1CCC[C@H]2[C@@](CC/C(C)=C/C[C@H]3OC(=O)C=C3CO)(COC(C)=O)[C@@H](C)CC[C@]12C. The van der Waals surface area contributed by atoms with Crippen LogP contribution in [0, 0.1) is 22.7 Å². The van der Waals surface area contributed by atoms with Crippen molar-refractivity contribution in [3.63, 3.8) is 0 Å². The molecule has 0 amide bonds. The highest BCUT2D eigenvalue weighted by molar-refractivity contribution is 5.85. The number of hydrogen-bond acceptors (Lipinski definition) is 5. The smallest absolute Gasteiger partial charge is 0.331 e. The van der Waals surface area contributed by atoms with Gasteiger partial charge in [0.1, 0.15) is 6.10 Å². The van der Waals surface area contributed by atoms with Crippen LogP contribution in [0.25, 0.3) is 0 Å². The molecule has 1 aliphatic heterocycles. The van der Waals surface area contributed by atoms with E-state index in [1.807, 2.05) is 0 Å². The first kappa shape index (κ1) is 24.8. The number of carbonyl (C=O) groups is 2. The minimum atomic E-state index is -0.377. The van der Waals surface area contributed by atoms with Crippen molar-refractivity contribution in [2.75, 3.05) is 13.2 Å². The van der Waals surface area contributed by atoms with E-state index in [4.69, 9.17) is 9.47 Å². The normalized spacial score (nSPS) is 35.2. The fourth-order valence-corrected chi connectivity index (χ4v) is 6.44. The molecule has 0 aromatic carbocycles. The van der Waals surface area contributed by atoms with E-state index in [-0.39, 0.29) is 35.5 Å². The topological polar surface area (TPSA) is 72.8 Å². The Balaban J connectivity index is 1.78. The number of aliphatic hydroxyl groups excluding tert-OH is 1. The van der Waals surface area contributed by atoms with Gasteiger partial charge < -0.3 is 14.6 Å². The van der Waals surface area contributed by atoms with Crippen LogP contribution in [0.4, 0.5) is 0 Å². The van der Waals surface area contributed by atoms with Crippen LogP contribution >= 0.6 is 0 Å². The van der Waals surface area contributed by atoms with Crippen molar-refractivity contribution < 1.29 is 24.2 Å². The molecule has 5 atom stereocenters. The highest BCUT2D eigenvalue weighted by atomic mass is 16.5. The molecular formula is C27H40O5. The zero-order valence-electron chi connectivity index (χ0n) is 20.2. The minimum absolute atomic E-state index is 0.0624. The highest BCUT2D eigenvalue weighted by Crippen LogP contribution is 2.63. The van der Waals surface area contributed by atoms with Gasteiger partial charge in [-0.1, -0.05) is 37.6 Å². The average molecular weight is 445 g/mol. The van der Waals surface area contributed by atoms with Gasteiger partial charge in [-0.25, -0.2) is 4.79 Å². The highest BCUT2D eigenvalue weighted by Gasteiger charge is 2.56. The quantitative estimate of drug-likeness (QED) is 0.407. The Labute approximate surface area is 192 Å². The maximum absolute atomic E-state index is 11.8. The van der Waals surface area contributed by atoms with Gasteiger partial charge in [-0.15, -0.1) is 0 Å². The molecule has 0 spiro atoms. The monoisotopic (exact) mass is 444 g/mol. The van der Waals surface area contributed by atoms with Crippen LogP contribution in [0.1, 0.15) is 79.1 Å². The van der Waals surface area contributed by atoms with E-state index < -0.39 is 0 Å². The summed E-state index contributed by atoms with van der Waals surface area (Å²) in [7, 11) is 0. The summed E-state index contributed by atoms with van der Waals surface area (Å²) in [5.74, 6) is 0.348. The average Bonchev–Trinajstić information content (AvgIpc) is 3.12. The summed E-state index contributed by atoms with van der Waals surface area (Å²) >= 11 is 0. The molecule has 5 heteroatoms. The Hall–Kier alpha value is -1.88. The summed E-state index contributed by atoms with van der Waals surface area (Å²) in [6, 6.07) is 0. The number of fused-ring (bicyclic) bond motifs is 1. The molecule has 0 aromatic rings. The molecule has 2 fully saturated rings. The van der Waals surface area contributed by atoms with E-state index in [1.165, 1.54) is 24.1 Å². The van der Waals surface area contributed by atoms with Crippen LogP contribution in [0.2, 0.25) is 0 Å². The van der Waals surface area contributed by atoms with Gasteiger partial charge in [0.15, 0.2) is 0 Å². The van der Waals surface area contributed by atoms with Crippen LogP contribution in [-0.4, -0.2) is 36.4 Å². The Morgan fingerprint density at radius 3 is 2.81 bits per heavy atom. The second kappa shape index (κ2) is 9.94. The fraction of sp³-hybridized carbons (Fsp3) is 0.704. The van der Waals surface area contributed by atoms with Crippen LogP contribution < -0.4 is 0 Å². The van der Waals surface area contributed by atoms with Crippen molar-refractivity contribution in [2.24, 2.45) is 22.7 Å². The lowest BCUT2D eigenvalue weighted by atomic mass is 9.45. The van der Waals surface area contributed by atoms with Crippen molar-refractivity contribution in [2.45, 2.75) is 85.2 Å². The van der Waals surface area contributed by atoms with Crippen LogP contribution in [0.3, 0.4) is 0 Å². The number of carbonyl (C=O) groups excluding carboxylic acids is 2. The Bertz CT molecular complexity index is 809. The molecule has 1 heterocycles. The third-order valence-corrected chi connectivity index (χ3v) is 8.69. The van der Waals surface area contributed by atoms with Crippen LogP contribution in [-0.2, 0) is 19.1 Å². The second-order valence-corrected chi connectivity index (χ2v) is 10.5. The predicted octanol–water partition coefficient (Wildman–Crippen LogP) is 5.29. The molecular weight excluding hydrogens is 404 g/mol. The van der Waals surface area contributed by atoms with E-state index in [0.29, 0.717) is 30.4 Å². The van der Waals surface area contributed by atoms with Gasteiger partial charge >= 0.3 is 11.9 Å². The summed E-state index contributed by atoms with van der Waals surface area (Å²) in [5, 5.41) is 9.45. The molecule has 178 valence electrons. The largest absolute Gasteiger partial charge is 0.465 e. The molecule has 3 rings (SSSR count). The first-order valence-electron chi connectivity index (χ1n) is 12.1. The summed E-state index contributed by atoms with van der Waals surface area (Å²) in [6.07, 6.45) is 11.3. The molecule has 0 unspecified atom stereocenters. The summed E-state index contributed by atoms with van der Waals surface area (Å²) in [5.41, 5.74) is 3.30. The zero-order valence-corrected chi connectivity index (χ0v) is 20.2. The number of cyclic esters (lactones) is 1. The van der Waals surface area contributed by atoms with E-state index in [0.717, 1.165) is 44.9 Å². The van der Waals surface area contributed by atoms with Gasteiger partial charge in [0.2, 0.25) is 0 Å². The zero-order chi connectivity index (χ0) is 23.5. The van der Waals surface area contributed by atoms with Crippen molar-refractivity contribution >= 4 is 11.9 Å². The summed E-state index contributed by atoms with van der Waals surface area (Å²) < 4.78 is 11.0. The molecule has 0 saturated heterocycles. The lowest BCUT2D eigenvalue weighted by Gasteiger charge is -2.59. The number of allylic oxidation sites excluding steroid dienone is 2. The predicted molar refractivity (Wildman–Crippen MR) is 125 cm³/mol. The Morgan fingerprint density at radius 2 is 2.12 bits per heavy atom. The molecule has 32 heavy (non-hydrogen) atoms. The van der Waals surface area contributed by atoms with E-state index in [1.54, 1.807) is 0 Å². The van der Waals surface area contributed by atoms with Gasteiger partial charge in [-0.3, -0.25) is 4.79 Å². The molecule has 0 aromatic heterocycles. The third-order valence-electron chi connectivity index (χ3n) is 8.69. The first-order valence-corrected chi connectivity index (χ1v) is 12.1. The van der Waals surface area contributed by atoms with Gasteiger partial charge in [0.25, 0.3) is 0 Å². The Kier molecular flexibility index (Phi) is 7.69. The second-order valence-electron chi connectivity index (χ2n) is 10.5. The van der Waals surface area contributed by atoms with Gasteiger partial charge in [0, 0.05) is 30.4 Å². The number of esters is 2. The van der Waals surface area contributed by atoms with Gasteiger partial charge in [-0.2, -0.15) is 0 Å². The number of hydrogen-bond donors (Lipinski definition) is 1. The lowest BCUT2D eigenvalue weighted by Crippen LogP contribution is -2.54. The molecule has 0 radical (unpaired) electrons. The molecule has 3 aliphatic rings. The Morgan fingerprint density at radius 1 is 1.38 bits per heavy atom. The van der Waals surface area contributed by atoms with E-state index in [2.05, 4.69) is 33.4 Å².